The standard InChI is InChI=1S/C12H18FN/c1-4-6-10-9(3)8-14-11(7-5-2)12(10)13/h8H,4-7H2,1-3H3. The number of halogens is 1. The zero-order valence-electron chi connectivity index (χ0n) is 9.23. The molecule has 0 aliphatic heterocycles. The van der Waals surface area contributed by atoms with Crippen LogP contribution >= 0.6 is 0 Å². The molecule has 0 spiro atoms. The van der Waals surface area contributed by atoms with Crippen LogP contribution in [0.15, 0.2) is 6.20 Å². The topological polar surface area (TPSA) is 12.9 Å². The minimum Gasteiger partial charge on any atom is -0.258 e. The number of hydrogen-bond donors (Lipinski definition) is 0. The number of hydrogen-bond acceptors (Lipinski definition) is 1. The summed E-state index contributed by atoms with van der Waals surface area (Å²) in [6.45, 7) is 6.04. The first-order valence-electron chi connectivity index (χ1n) is 5.33. The third kappa shape index (κ3) is 2.31. The molecule has 0 saturated heterocycles. The molecule has 1 aromatic heterocycles. The first kappa shape index (κ1) is 11.2. The van der Waals surface area contributed by atoms with Crippen molar-refractivity contribution in [3.8, 4) is 0 Å². The van der Waals surface area contributed by atoms with Crippen LogP contribution in [0.1, 0.15) is 43.5 Å². The van der Waals surface area contributed by atoms with Crippen LogP contribution in [0.25, 0.3) is 0 Å². The quantitative estimate of drug-likeness (QED) is 0.717. The Kier molecular flexibility index (Phi) is 4.05. The average molecular weight is 195 g/mol. The summed E-state index contributed by atoms with van der Waals surface area (Å²) in [6.07, 6.45) is 5.27. The van der Waals surface area contributed by atoms with Crippen LogP contribution in [0, 0.1) is 12.7 Å². The van der Waals surface area contributed by atoms with Gasteiger partial charge in [-0.3, -0.25) is 4.98 Å². The maximum absolute atomic E-state index is 13.8. The predicted octanol–water partition coefficient (Wildman–Crippen LogP) is 3.43. The number of aryl methyl sites for hydroxylation is 2. The molecule has 0 saturated carbocycles. The van der Waals surface area contributed by atoms with E-state index in [1.165, 1.54) is 0 Å². The van der Waals surface area contributed by atoms with Gasteiger partial charge in [0.15, 0.2) is 0 Å². The maximum atomic E-state index is 13.8. The van der Waals surface area contributed by atoms with Crippen molar-refractivity contribution in [1.29, 1.82) is 0 Å². The zero-order chi connectivity index (χ0) is 10.6. The fraction of sp³-hybridized carbons (Fsp3) is 0.583. The molecule has 0 radical (unpaired) electrons. The monoisotopic (exact) mass is 195 g/mol. The van der Waals surface area contributed by atoms with Gasteiger partial charge < -0.3 is 0 Å². The Bertz CT molecular complexity index is 307. The highest BCUT2D eigenvalue weighted by molar-refractivity contribution is 5.27. The Morgan fingerprint density at radius 1 is 1.21 bits per heavy atom. The molecule has 1 nitrogen and oxygen atoms in total. The Morgan fingerprint density at radius 2 is 1.86 bits per heavy atom. The van der Waals surface area contributed by atoms with Crippen molar-refractivity contribution in [1.82, 2.24) is 4.98 Å². The van der Waals surface area contributed by atoms with E-state index in [9.17, 15) is 4.39 Å². The molecule has 1 aromatic rings. The second-order valence-electron chi connectivity index (χ2n) is 3.68. The molecule has 14 heavy (non-hydrogen) atoms. The van der Waals surface area contributed by atoms with Crippen molar-refractivity contribution in [2.75, 3.05) is 0 Å². The summed E-state index contributed by atoms with van der Waals surface area (Å²) in [5, 5.41) is 0. The van der Waals surface area contributed by atoms with E-state index in [4.69, 9.17) is 0 Å². The predicted molar refractivity (Wildman–Crippen MR) is 56.9 cm³/mol. The molecular formula is C12H18FN. The summed E-state index contributed by atoms with van der Waals surface area (Å²) >= 11 is 0. The van der Waals surface area contributed by atoms with Crippen LogP contribution in [-0.2, 0) is 12.8 Å². The van der Waals surface area contributed by atoms with Crippen LogP contribution < -0.4 is 0 Å². The zero-order valence-corrected chi connectivity index (χ0v) is 9.23. The molecule has 0 aliphatic carbocycles. The molecule has 0 aromatic carbocycles. The minimum absolute atomic E-state index is 0.0753. The van der Waals surface area contributed by atoms with Crippen molar-refractivity contribution in [2.45, 2.75) is 46.5 Å². The third-order valence-electron chi connectivity index (χ3n) is 2.40. The Hall–Kier alpha value is -0.920. The van der Waals surface area contributed by atoms with E-state index in [1.54, 1.807) is 6.20 Å². The van der Waals surface area contributed by atoms with Crippen LogP contribution in [0.5, 0.6) is 0 Å². The number of rotatable bonds is 4. The third-order valence-corrected chi connectivity index (χ3v) is 2.40. The molecular weight excluding hydrogens is 177 g/mol. The molecule has 0 fully saturated rings. The van der Waals surface area contributed by atoms with E-state index in [0.717, 1.165) is 36.8 Å². The summed E-state index contributed by atoms with van der Waals surface area (Å²) in [5.41, 5.74) is 2.46. The van der Waals surface area contributed by atoms with Crippen molar-refractivity contribution in [3.05, 3.63) is 28.8 Å². The fourth-order valence-corrected chi connectivity index (χ4v) is 1.62. The van der Waals surface area contributed by atoms with Crippen LogP contribution in [0.4, 0.5) is 4.39 Å². The summed E-state index contributed by atoms with van der Waals surface area (Å²) in [4.78, 5) is 4.14. The second kappa shape index (κ2) is 5.08. The number of nitrogens with zero attached hydrogens (tertiary/aromatic N) is 1. The van der Waals surface area contributed by atoms with Gasteiger partial charge >= 0.3 is 0 Å². The second-order valence-corrected chi connectivity index (χ2v) is 3.68. The Morgan fingerprint density at radius 3 is 2.43 bits per heavy atom. The van der Waals surface area contributed by atoms with E-state index in [2.05, 4.69) is 11.9 Å². The summed E-state index contributed by atoms with van der Waals surface area (Å²) < 4.78 is 13.8. The van der Waals surface area contributed by atoms with Gasteiger partial charge in [0, 0.05) is 6.20 Å². The lowest BCUT2D eigenvalue weighted by atomic mass is 10.0. The first-order valence-corrected chi connectivity index (χ1v) is 5.33. The molecule has 2 heteroatoms. The van der Waals surface area contributed by atoms with Crippen molar-refractivity contribution >= 4 is 0 Å². The van der Waals surface area contributed by atoms with Crippen molar-refractivity contribution in [2.24, 2.45) is 0 Å². The lowest BCUT2D eigenvalue weighted by molar-refractivity contribution is 0.575. The molecule has 0 amide bonds. The Labute approximate surface area is 85.4 Å². The van der Waals surface area contributed by atoms with E-state index in [-0.39, 0.29) is 5.82 Å². The fourth-order valence-electron chi connectivity index (χ4n) is 1.62. The highest BCUT2D eigenvalue weighted by Gasteiger charge is 2.10. The minimum atomic E-state index is -0.0753. The lowest BCUT2D eigenvalue weighted by Gasteiger charge is -2.09. The Balaban J connectivity index is 3.05. The van der Waals surface area contributed by atoms with Gasteiger partial charge in [0.05, 0.1) is 5.69 Å². The van der Waals surface area contributed by atoms with Gasteiger partial charge in [-0.15, -0.1) is 0 Å². The van der Waals surface area contributed by atoms with Gasteiger partial charge in [0.25, 0.3) is 0 Å². The molecule has 78 valence electrons. The van der Waals surface area contributed by atoms with Gasteiger partial charge in [-0.25, -0.2) is 4.39 Å². The van der Waals surface area contributed by atoms with Gasteiger partial charge in [-0.2, -0.15) is 0 Å². The van der Waals surface area contributed by atoms with Gasteiger partial charge in [-0.05, 0) is 30.9 Å². The highest BCUT2D eigenvalue weighted by atomic mass is 19.1. The summed E-state index contributed by atoms with van der Waals surface area (Å²) in [6, 6.07) is 0. The van der Waals surface area contributed by atoms with Crippen molar-refractivity contribution < 1.29 is 4.39 Å². The molecule has 1 rings (SSSR count). The molecule has 0 bridgehead atoms. The normalized spacial score (nSPS) is 10.6. The largest absolute Gasteiger partial charge is 0.258 e. The molecule has 0 atom stereocenters. The maximum Gasteiger partial charge on any atom is 0.148 e. The van der Waals surface area contributed by atoms with Gasteiger partial charge in [0.2, 0.25) is 0 Å². The van der Waals surface area contributed by atoms with E-state index in [1.807, 2.05) is 13.8 Å². The molecule has 0 N–H and O–H groups in total. The molecule has 0 unspecified atom stereocenters. The lowest BCUT2D eigenvalue weighted by Crippen LogP contribution is -2.02. The summed E-state index contributed by atoms with van der Waals surface area (Å²) in [5.74, 6) is -0.0753. The smallest absolute Gasteiger partial charge is 0.148 e. The van der Waals surface area contributed by atoms with E-state index in [0.29, 0.717) is 5.69 Å². The van der Waals surface area contributed by atoms with Crippen LogP contribution in [0.3, 0.4) is 0 Å². The van der Waals surface area contributed by atoms with E-state index >= 15 is 0 Å². The van der Waals surface area contributed by atoms with Crippen LogP contribution in [0.2, 0.25) is 0 Å². The SMILES string of the molecule is CCCc1ncc(C)c(CCC)c1F. The van der Waals surface area contributed by atoms with Crippen LogP contribution in [-0.4, -0.2) is 4.98 Å². The number of aromatic nitrogens is 1. The van der Waals surface area contributed by atoms with E-state index < -0.39 is 0 Å². The van der Waals surface area contributed by atoms with Gasteiger partial charge in [-0.1, -0.05) is 26.7 Å². The molecule has 0 aliphatic rings. The van der Waals surface area contributed by atoms with Crippen molar-refractivity contribution in [3.63, 3.8) is 0 Å². The molecule has 1 heterocycles. The average Bonchev–Trinajstić information content (AvgIpc) is 2.17. The highest BCUT2D eigenvalue weighted by Crippen LogP contribution is 2.17. The first-order chi connectivity index (χ1) is 6.70. The summed E-state index contributed by atoms with van der Waals surface area (Å²) in [7, 11) is 0. The number of pyridine rings is 1. The van der Waals surface area contributed by atoms with Gasteiger partial charge in [0.1, 0.15) is 5.82 Å².